The SMILES string of the molecule is CCn1c2ccc(C(=O)/C(CC3CCCCC3)=N/OC(C)=O)cc2c2cc(C(=O)C(C)(C)N3CCCCC3)ccc21. The van der Waals surface area contributed by atoms with Gasteiger partial charge in [-0.15, -0.1) is 0 Å². The minimum atomic E-state index is -0.584. The molecule has 2 aliphatic rings. The van der Waals surface area contributed by atoms with Crippen LogP contribution in [-0.2, 0) is 16.2 Å². The lowest BCUT2D eigenvalue weighted by Crippen LogP contribution is -2.52. The second-order valence-electron chi connectivity index (χ2n) is 12.3. The Morgan fingerprint density at radius 1 is 0.878 bits per heavy atom. The van der Waals surface area contributed by atoms with E-state index in [1.165, 1.54) is 19.8 Å². The summed E-state index contributed by atoms with van der Waals surface area (Å²) in [5, 5.41) is 5.92. The molecule has 5 rings (SSSR count). The summed E-state index contributed by atoms with van der Waals surface area (Å²) in [6, 6.07) is 11.7. The van der Waals surface area contributed by atoms with E-state index in [0.29, 0.717) is 29.2 Å². The van der Waals surface area contributed by atoms with Crippen LogP contribution in [0.1, 0.15) is 106 Å². The summed E-state index contributed by atoms with van der Waals surface area (Å²) >= 11 is 0. The van der Waals surface area contributed by atoms with E-state index in [1.807, 2.05) is 50.2 Å². The van der Waals surface area contributed by atoms with Crippen LogP contribution in [0.5, 0.6) is 0 Å². The lowest BCUT2D eigenvalue weighted by atomic mass is 9.84. The van der Waals surface area contributed by atoms with Gasteiger partial charge in [-0.25, -0.2) is 4.79 Å². The van der Waals surface area contributed by atoms with Crippen LogP contribution in [0.3, 0.4) is 0 Å². The number of oxime groups is 1. The maximum absolute atomic E-state index is 13.8. The molecule has 0 amide bonds. The van der Waals surface area contributed by atoms with Gasteiger partial charge < -0.3 is 9.40 Å². The largest absolute Gasteiger partial charge is 0.341 e. The van der Waals surface area contributed by atoms with Crippen molar-refractivity contribution in [2.24, 2.45) is 11.1 Å². The van der Waals surface area contributed by atoms with Crippen LogP contribution in [-0.4, -0.2) is 51.3 Å². The number of carbonyl (C=O) groups excluding carboxylic acids is 3. The molecule has 1 aliphatic heterocycles. The third kappa shape index (κ3) is 6.01. The minimum Gasteiger partial charge on any atom is -0.341 e. The standard InChI is InChI=1S/C34H43N3O4/c1-5-37-30-16-14-25(32(39)29(35-41-23(2)38)20-24-12-8-6-9-13-24)21-27(30)28-22-26(15-17-31(28)37)33(40)34(3,4)36-18-10-7-11-19-36/h14-17,21-22,24H,5-13,18-20H2,1-4H3/b35-29+. The molecular weight excluding hydrogens is 514 g/mol. The van der Waals surface area contributed by atoms with E-state index in [1.54, 1.807) is 0 Å². The molecule has 0 atom stereocenters. The van der Waals surface area contributed by atoms with E-state index in [2.05, 4.69) is 21.5 Å². The number of carbonyl (C=O) groups is 3. The van der Waals surface area contributed by atoms with E-state index < -0.39 is 11.5 Å². The van der Waals surface area contributed by atoms with Crippen molar-refractivity contribution >= 4 is 45.1 Å². The quantitative estimate of drug-likeness (QED) is 0.119. The van der Waals surface area contributed by atoms with Crippen molar-refractivity contribution in [3.05, 3.63) is 47.5 Å². The van der Waals surface area contributed by atoms with Crippen LogP contribution in [0.15, 0.2) is 41.6 Å². The predicted molar refractivity (Wildman–Crippen MR) is 164 cm³/mol. The Hall–Kier alpha value is -3.32. The molecule has 2 fully saturated rings. The number of aryl methyl sites for hydroxylation is 1. The van der Waals surface area contributed by atoms with E-state index >= 15 is 0 Å². The van der Waals surface area contributed by atoms with Gasteiger partial charge in [0, 0.05) is 46.4 Å². The molecule has 218 valence electrons. The zero-order chi connectivity index (χ0) is 29.1. The van der Waals surface area contributed by atoms with E-state index in [-0.39, 0.29) is 11.6 Å². The second-order valence-corrected chi connectivity index (χ2v) is 12.3. The monoisotopic (exact) mass is 557 g/mol. The number of nitrogens with zero attached hydrogens (tertiary/aromatic N) is 3. The van der Waals surface area contributed by atoms with Crippen LogP contribution < -0.4 is 0 Å². The zero-order valence-corrected chi connectivity index (χ0v) is 25.0. The number of piperidine rings is 1. The Balaban J connectivity index is 1.53. The summed E-state index contributed by atoms with van der Waals surface area (Å²) < 4.78 is 2.22. The minimum absolute atomic E-state index is 0.120. The average molecular weight is 558 g/mol. The highest BCUT2D eigenvalue weighted by atomic mass is 16.7. The van der Waals surface area contributed by atoms with Crippen molar-refractivity contribution < 1.29 is 19.2 Å². The van der Waals surface area contributed by atoms with Crippen LogP contribution in [0.2, 0.25) is 0 Å². The third-order valence-electron chi connectivity index (χ3n) is 9.16. The molecule has 41 heavy (non-hydrogen) atoms. The molecule has 1 saturated carbocycles. The number of benzene rings is 2. The second kappa shape index (κ2) is 12.3. The molecule has 0 radical (unpaired) electrons. The van der Waals surface area contributed by atoms with Crippen molar-refractivity contribution in [3.63, 3.8) is 0 Å². The maximum atomic E-state index is 13.8. The normalized spacial score (nSPS) is 17.7. The molecular formula is C34H43N3O4. The summed E-state index contributed by atoms with van der Waals surface area (Å²) in [7, 11) is 0. The molecule has 0 N–H and O–H groups in total. The van der Waals surface area contributed by atoms with Crippen LogP contribution in [0, 0.1) is 5.92 Å². The first-order valence-corrected chi connectivity index (χ1v) is 15.4. The molecule has 1 aliphatic carbocycles. The average Bonchev–Trinajstić information content (AvgIpc) is 3.31. The summed E-state index contributed by atoms with van der Waals surface area (Å²) in [4.78, 5) is 46.4. The molecule has 1 saturated heterocycles. The van der Waals surface area contributed by atoms with Crippen molar-refractivity contribution in [1.29, 1.82) is 0 Å². The Morgan fingerprint density at radius 2 is 1.46 bits per heavy atom. The fraction of sp³-hybridized carbons (Fsp3) is 0.529. The van der Waals surface area contributed by atoms with Gasteiger partial charge in [-0.05, 0) is 95.4 Å². The van der Waals surface area contributed by atoms with Gasteiger partial charge in [0.05, 0.1) is 5.54 Å². The van der Waals surface area contributed by atoms with Crippen molar-refractivity contribution in [2.45, 2.75) is 97.6 Å². The molecule has 2 heterocycles. The lowest BCUT2D eigenvalue weighted by Gasteiger charge is -2.39. The van der Waals surface area contributed by atoms with Crippen LogP contribution in [0.25, 0.3) is 21.8 Å². The Bertz CT molecular complexity index is 1490. The number of fused-ring (bicyclic) bond motifs is 3. The number of likely N-dealkylation sites (tertiary alicyclic amines) is 1. The van der Waals surface area contributed by atoms with Crippen LogP contribution in [0.4, 0.5) is 0 Å². The number of rotatable bonds is 9. The van der Waals surface area contributed by atoms with E-state index in [9.17, 15) is 14.4 Å². The Morgan fingerprint density at radius 3 is 2.07 bits per heavy atom. The van der Waals surface area contributed by atoms with E-state index in [4.69, 9.17) is 4.84 Å². The van der Waals surface area contributed by atoms with Gasteiger partial charge in [0.15, 0.2) is 5.78 Å². The highest BCUT2D eigenvalue weighted by Gasteiger charge is 2.36. The molecule has 1 aromatic heterocycles. The number of ketones is 2. The fourth-order valence-electron chi connectivity index (χ4n) is 6.80. The number of hydrogen-bond donors (Lipinski definition) is 0. The smallest absolute Gasteiger partial charge is 0.331 e. The van der Waals surface area contributed by atoms with E-state index in [0.717, 1.165) is 80.0 Å². The topological polar surface area (TPSA) is 81.0 Å². The van der Waals surface area contributed by atoms with Crippen molar-refractivity contribution in [2.75, 3.05) is 13.1 Å². The summed E-state index contributed by atoms with van der Waals surface area (Å²) in [5.41, 5.74) is 2.97. The first-order valence-electron chi connectivity index (χ1n) is 15.4. The molecule has 0 spiro atoms. The van der Waals surface area contributed by atoms with Crippen LogP contribution >= 0.6 is 0 Å². The number of Topliss-reactive ketones (excluding diaryl/α,β-unsaturated/α-hetero) is 2. The number of aromatic nitrogens is 1. The highest BCUT2D eigenvalue weighted by molar-refractivity contribution is 6.46. The Kier molecular flexibility index (Phi) is 8.74. The first-order chi connectivity index (χ1) is 19.7. The van der Waals surface area contributed by atoms with Gasteiger partial charge in [-0.1, -0.05) is 43.7 Å². The lowest BCUT2D eigenvalue weighted by molar-refractivity contribution is -0.140. The number of hydrogen-bond acceptors (Lipinski definition) is 6. The molecule has 7 nitrogen and oxygen atoms in total. The predicted octanol–water partition coefficient (Wildman–Crippen LogP) is 7.33. The van der Waals surface area contributed by atoms with Gasteiger partial charge in [0.25, 0.3) is 0 Å². The summed E-state index contributed by atoms with van der Waals surface area (Å²) in [6.45, 7) is 10.1. The summed E-state index contributed by atoms with van der Waals surface area (Å²) in [5.74, 6) is -0.265. The van der Waals surface area contributed by atoms with Gasteiger partial charge in [0.1, 0.15) is 5.71 Å². The first kappa shape index (κ1) is 29.2. The molecule has 2 aromatic carbocycles. The highest BCUT2D eigenvalue weighted by Crippen LogP contribution is 2.33. The van der Waals surface area contributed by atoms with Gasteiger partial charge in [-0.3, -0.25) is 14.5 Å². The summed E-state index contributed by atoms with van der Waals surface area (Å²) in [6.07, 6.45) is 9.61. The van der Waals surface area contributed by atoms with Crippen molar-refractivity contribution in [1.82, 2.24) is 9.47 Å². The van der Waals surface area contributed by atoms with Gasteiger partial charge in [-0.2, -0.15) is 0 Å². The Labute approximate surface area is 242 Å². The fourth-order valence-corrected chi connectivity index (χ4v) is 6.80. The molecule has 0 unspecified atom stereocenters. The third-order valence-corrected chi connectivity index (χ3v) is 9.16. The molecule has 7 heteroatoms. The van der Waals surface area contributed by atoms with Gasteiger partial charge in [0.2, 0.25) is 5.78 Å². The van der Waals surface area contributed by atoms with Gasteiger partial charge >= 0.3 is 5.97 Å². The molecule has 3 aromatic rings. The zero-order valence-electron chi connectivity index (χ0n) is 25.0. The maximum Gasteiger partial charge on any atom is 0.331 e. The van der Waals surface area contributed by atoms with Crippen molar-refractivity contribution in [3.8, 4) is 0 Å². The molecule has 0 bridgehead atoms.